The van der Waals surface area contributed by atoms with Crippen molar-refractivity contribution in [3.63, 3.8) is 0 Å². The number of hydrogen-bond donors (Lipinski definition) is 1. The van der Waals surface area contributed by atoms with Crippen molar-refractivity contribution in [1.82, 2.24) is 5.32 Å². The second-order valence-corrected chi connectivity index (χ2v) is 6.58. The van der Waals surface area contributed by atoms with E-state index in [0.717, 1.165) is 24.4 Å². The van der Waals surface area contributed by atoms with E-state index in [9.17, 15) is 0 Å². The third-order valence-corrected chi connectivity index (χ3v) is 5.50. The van der Waals surface area contributed by atoms with E-state index in [0.29, 0.717) is 6.10 Å². The van der Waals surface area contributed by atoms with Gasteiger partial charge in [0.05, 0.1) is 6.10 Å². The first-order chi connectivity index (χ1) is 8.40. The Bertz CT molecular complexity index is 206. The van der Waals surface area contributed by atoms with E-state index in [2.05, 4.69) is 24.0 Å². The molecule has 0 aromatic rings. The highest BCUT2D eigenvalue weighted by Gasteiger charge is 2.25. The van der Waals surface area contributed by atoms with Crippen LogP contribution in [0.25, 0.3) is 0 Å². The zero-order valence-corrected chi connectivity index (χ0v) is 11.9. The monoisotopic (exact) mass is 257 g/mol. The molecule has 1 heterocycles. The molecule has 0 amide bonds. The SMILES string of the molecule is CCNC1CCCCCC1SCC1CCCO1. The highest BCUT2D eigenvalue weighted by molar-refractivity contribution is 8.00. The number of thioether (sulfide) groups is 1. The van der Waals surface area contributed by atoms with Crippen LogP contribution in [0.15, 0.2) is 0 Å². The zero-order valence-electron chi connectivity index (χ0n) is 11.1. The van der Waals surface area contributed by atoms with Crippen LogP contribution >= 0.6 is 11.8 Å². The Balaban J connectivity index is 1.77. The third kappa shape index (κ3) is 4.46. The fourth-order valence-corrected chi connectivity index (χ4v) is 4.50. The molecule has 1 saturated carbocycles. The molecule has 17 heavy (non-hydrogen) atoms. The molecule has 1 aliphatic carbocycles. The summed E-state index contributed by atoms with van der Waals surface area (Å²) >= 11 is 2.17. The summed E-state index contributed by atoms with van der Waals surface area (Å²) < 4.78 is 5.73. The van der Waals surface area contributed by atoms with Gasteiger partial charge in [-0.05, 0) is 32.2 Å². The molecule has 0 aromatic carbocycles. The van der Waals surface area contributed by atoms with Crippen LogP contribution in [-0.4, -0.2) is 36.3 Å². The van der Waals surface area contributed by atoms with Crippen LogP contribution in [0.1, 0.15) is 51.9 Å². The smallest absolute Gasteiger partial charge is 0.0666 e. The predicted molar refractivity (Wildman–Crippen MR) is 75.8 cm³/mol. The van der Waals surface area contributed by atoms with Gasteiger partial charge in [0.2, 0.25) is 0 Å². The first-order valence-electron chi connectivity index (χ1n) is 7.36. The molecule has 1 aliphatic heterocycles. The first kappa shape index (κ1) is 13.7. The second-order valence-electron chi connectivity index (χ2n) is 5.31. The van der Waals surface area contributed by atoms with Gasteiger partial charge in [0.1, 0.15) is 0 Å². The maximum atomic E-state index is 5.73. The Kier molecular flexibility index (Phi) is 6.16. The second kappa shape index (κ2) is 7.65. The van der Waals surface area contributed by atoms with Crippen molar-refractivity contribution in [3.05, 3.63) is 0 Å². The number of nitrogens with one attached hydrogen (secondary N) is 1. The van der Waals surface area contributed by atoms with E-state index in [1.807, 2.05) is 0 Å². The van der Waals surface area contributed by atoms with Gasteiger partial charge < -0.3 is 10.1 Å². The Morgan fingerprint density at radius 3 is 2.76 bits per heavy atom. The fraction of sp³-hybridized carbons (Fsp3) is 1.00. The maximum absolute atomic E-state index is 5.73. The van der Waals surface area contributed by atoms with Crippen molar-refractivity contribution in [2.45, 2.75) is 69.3 Å². The lowest BCUT2D eigenvalue weighted by molar-refractivity contribution is 0.128. The van der Waals surface area contributed by atoms with Gasteiger partial charge in [-0.25, -0.2) is 0 Å². The summed E-state index contributed by atoms with van der Waals surface area (Å²) in [5, 5.41) is 4.51. The van der Waals surface area contributed by atoms with Crippen LogP contribution < -0.4 is 5.32 Å². The molecule has 3 heteroatoms. The molecule has 100 valence electrons. The van der Waals surface area contributed by atoms with Crippen molar-refractivity contribution in [3.8, 4) is 0 Å². The highest BCUT2D eigenvalue weighted by atomic mass is 32.2. The lowest BCUT2D eigenvalue weighted by Gasteiger charge is -2.26. The summed E-state index contributed by atoms with van der Waals surface area (Å²) in [6, 6.07) is 0.744. The van der Waals surface area contributed by atoms with E-state index in [-0.39, 0.29) is 0 Å². The van der Waals surface area contributed by atoms with Crippen molar-refractivity contribution in [1.29, 1.82) is 0 Å². The van der Waals surface area contributed by atoms with Gasteiger partial charge in [-0.3, -0.25) is 0 Å². The van der Waals surface area contributed by atoms with Gasteiger partial charge in [0, 0.05) is 23.7 Å². The number of hydrogen-bond acceptors (Lipinski definition) is 3. The molecule has 1 saturated heterocycles. The van der Waals surface area contributed by atoms with Crippen LogP contribution in [0.4, 0.5) is 0 Å². The Morgan fingerprint density at radius 2 is 2.00 bits per heavy atom. The molecule has 0 aromatic heterocycles. The first-order valence-corrected chi connectivity index (χ1v) is 8.41. The molecule has 3 unspecified atom stereocenters. The minimum atomic E-state index is 0.547. The van der Waals surface area contributed by atoms with E-state index in [1.54, 1.807) is 0 Å². The molecular formula is C14H27NOS. The van der Waals surface area contributed by atoms with E-state index in [1.165, 1.54) is 50.7 Å². The van der Waals surface area contributed by atoms with E-state index < -0.39 is 0 Å². The summed E-state index contributed by atoms with van der Waals surface area (Å²) in [6.45, 7) is 4.33. The van der Waals surface area contributed by atoms with Gasteiger partial charge in [0.15, 0.2) is 0 Å². The van der Waals surface area contributed by atoms with Crippen molar-refractivity contribution >= 4 is 11.8 Å². The zero-order chi connectivity index (χ0) is 11.9. The molecule has 0 bridgehead atoms. The molecule has 0 radical (unpaired) electrons. The van der Waals surface area contributed by atoms with Crippen LogP contribution in [0.5, 0.6) is 0 Å². The fourth-order valence-electron chi connectivity index (χ4n) is 2.98. The van der Waals surface area contributed by atoms with E-state index >= 15 is 0 Å². The summed E-state index contributed by atoms with van der Waals surface area (Å²) in [4.78, 5) is 0. The molecule has 3 atom stereocenters. The average molecular weight is 257 g/mol. The largest absolute Gasteiger partial charge is 0.377 e. The Labute approximate surface area is 110 Å². The van der Waals surface area contributed by atoms with Crippen molar-refractivity contribution in [2.24, 2.45) is 0 Å². The minimum absolute atomic E-state index is 0.547. The van der Waals surface area contributed by atoms with Gasteiger partial charge in [-0.2, -0.15) is 11.8 Å². The molecule has 0 spiro atoms. The van der Waals surface area contributed by atoms with Crippen LogP contribution in [0, 0.1) is 0 Å². The minimum Gasteiger partial charge on any atom is -0.377 e. The molecule has 2 aliphatic rings. The quantitative estimate of drug-likeness (QED) is 0.764. The van der Waals surface area contributed by atoms with Crippen LogP contribution in [0.2, 0.25) is 0 Å². The molecule has 2 fully saturated rings. The van der Waals surface area contributed by atoms with Crippen molar-refractivity contribution < 1.29 is 4.74 Å². The molecule has 2 rings (SSSR count). The van der Waals surface area contributed by atoms with Crippen molar-refractivity contribution in [2.75, 3.05) is 18.9 Å². The summed E-state index contributed by atoms with van der Waals surface area (Å²) in [7, 11) is 0. The van der Waals surface area contributed by atoms with Gasteiger partial charge in [-0.15, -0.1) is 0 Å². The Morgan fingerprint density at radius 1 is 1.12 bits per heavy atom. The summed E-state index contributed by atoms with van der Waals surface area (Å²) in [5.41, 5.74) is 0. The van der Waals surface area contributed by atoms with Gasteiger partial charge >= 0.3 is 0 Å². The summed E-state index contributed by atoms with van der Waals surface area (Å²) in [6.07, 6.45) is 10.1. The average Bonchev–Trinajstić information content (AvgIpc) is 2.76. The van der Waals surface area contributed by atoms with Crippen LogP contribution in [0.3, 0.4) is 0 Å². The normalized spacial score (nSPS) is 34.8. The molecule has 1 N–H and O–H groups in total. The maximum Gasteiger partial charge on any atom is 0.0666 e. The molecule has 2 nitrogen and oxygen atoms in total. The topological polar surface area (TPSA) is 21.3 Å². The standard InChI is InChI=1S/C14H27NOS/c1-2-15-13-8-4-3-5-9-14(13)17-11-12-7-6-10-16-12/h12-15H,2-11H2,1H3. The van der Waals surface area contributed by atoms with Crippen LogP contribution in [-0.2, 0) is 4.74 Å². The number of ether oxygens (including phenoxy) is 1. The van der Waals surface area contributed by atoms with Gasteiger partial charge in [0.25, 0.3) is 0 Å². The number of rotatable bonds is 5. The lowest BCUT2D eigenvalue weighted by atomic mass is 10.1. The predicted octanol–water partition coefficient (Wildman–Crippen LogP) is 3.21. The Hall–Kier alpha value is 0.270. The lowest BCUT2D eigenvalue weighted by Crippen LogP contribution is -2.37. The van der Waals surface area contributed by atoms with E-state index in [4.69, 9.17) is 4.74 Å². The third-order valence-electron chi connectivity index (χ3n) is 3.94. The molecular weight excluding hydrogens is 230 g/mol. The highest BCUT2D eigenvalue weighted by Crippen LogP contribution is 2.30. The summed E-state index contributed by atoms with van der Waals surface area (Å²) in [5.74, 6) is 1.21. The van der Waals surface area contributed by atoms with Gasteiger partial charge in [-0.1, -0.05) is 26.2 Å².